The van der Waals surface area contributed by atoms with E-state index in [1.165, 1.54) is 27.9 Å². The molecule has 0 fully saturated rings. The first kappa shape index (κ1) is 17.3. The number of methoxy groups -OCH3 is 1. The predicted molar refractivity (Wildman–Crippen MR) is 113 cm³/mol. The number of rotatable bonds is 5. The zero-order chi connectivity index (χ0) is 18.8. The first-order valence-electron chi connectivity index (χ1n) is 8.60. The zero-order valence-electron chi connectivity index (χ0n) is 15.4. The van der Waals surface area contributed by atoms with Crippen LogP contribution in [0.2, 0.25) is 0 Å². The molecule has 0 bridgehead atoms. The summed E-state index contributed by atoms with van der Waals surface area (Å²) >= 11 is 1.52. The molecule has 2 aromatic carbocycles. The van der Waals surface area contributed by atoms with Gasteiger partial charge in [0.05, 0.1) is 19.0 Å². The van der Waals surface area contributed by atoms with Gasteiger partial charge in [0.15, 0.2) is 0 Å². The summed E-state index contributed by atoms with van der Waals surface area (Å²) in [7, 11) is 3.74. The van der Waals surface area contributed by atoms with Crippen molar-refractivity contribution in [1.82, 2.24) is 9.55 Å². The molecule has 0 saturated carbocycles. The van der Waals surface area contributed by atoms with Crippen LogP contribution in [0.5, 0.6) is 5.75 Å². The van der Waals surface area contributed by atoms with Crippen molar-refractivity contribution >= 4 is 33.6 Å². The Labute approximate surface area is 161 Å². The molecular weight excluding hydrogens is 356 g/mol. The van der Waals surface area contributed by atoms with E-state index in [1.54, 1.807) is 7.11 Å². The van der Waals surface area contributed by atoms with E-state index in [0.29, 0.717) is 0 Å². The summed E-state index contributed by atoms with van der Waals surface area (Å²) in [5, 5.41) is 8.37. The molecule has 0 aliphatic carbocycles. The topological polar surface area (TPSA) is 51.4 Å². The quantitative estimate of drug-likeness (QED) is 0.391. The molecule has 2 aromatic heterocycles. The Kier molecular flexibility index (Phi) is 4.64. The van der Waals surface area contributed by atoms with Crippen LogP contribution in [-0.4, -0.2) is 22.9 Å². The summed E-state index contributed by atoms with van der Waals surface area (Å²) < 4.78 is 7.46. The molecule has 0 spiro atoms. The van der Waals surface area contributed by atoms with Crippen LogP contribution in [0.3, 0.4) is 0 Å². The second-order valence-corrected chi connectivity index (χ2v) is 7.07. The van der Waals surface area contributed by atoms with Gasteiger partial charge in [-0.15, -0.1) is 11.3 Å². The van der Waals surface area contributed by atoms with Crippen LogP contribution in [0.4, 0.5) is 5.13 Å². The fourth-order valence-electron chi connectivity index (χ4n) is 3.11. The van der Waals surface area contributed by atoms with Gasteiger partial charge in [0.1, 0.15) is 5.75 Å². The van der Waals surface area contributed by atoms with Crippen molar-refractivity contribution in [3.63, 3.8) is 0 Å². The molecule has 0 atom stereocenters. The maximum Gasteiger partial charge on any atom is 0.203 e. The molecule has 0 amide bonds. The number of para-hydroxylation sites is 1. The summed E-state index contributed by atoms with van der Waals surface area (Å²) in [4.78, 5) is 4.61. The molecule has 6 heteroatoms. The smallest absolute Gasteiger partial charge is 0.203 e. The third kappa shape index (κ3) is 3.31. The van der Waals surface area contributed by atoms with Gasteiger partial charge >= 0.3 is 0 Å². The van der Waals surface area contributed by atoms with E-state index < -0.39 is 0 Å². The standard InChI is InChI=1S/C21H20N4OS/c1-14-18(17-9-4-5-10-20(17)25(14)2)12-22-24-21-23-19(13-27-21)15-7-6-8-16(11-15)26-3/h4-13H,1-3H3,(H,23,24)/b22-12-. The van der Waals surface area contributed by atoms with Crippen molar-refractivity contribution in [2.24, 2.45) is 12.1 Å². The van der Waals surface area contributed by atoms with E-state index >= 15 is 0 Å². The number of fused-ring (bicyclic) bond motifs is 1. The number of nitrogens with zero attached hydrogens (tertiary/aromatic N) is 3. The Morgan fingerprint density at radius 2 is 2.04 bits per heavy atom. The highest BCUT2D eigenvalue weighted by Gasteiger charge is 2.09. The highest BCUT2D eigenvalue weighted by molar-refractivity contribution is 7.14. The van der Waals surface area contributed by atoms with Gasteiger partial charge in [-0.1, -0.05) is 30.3 Å². The molecule has 2 heterocycles. The summed E-state index contributed by atoms with van der Waals surface area (Å²) in [6.45, 7) is 2.10. The lowest BCUT2D eigenvalue weighted by Gasteiger charge is -2.01. The number of nitrogens with one attached hydrogen (secondary N) is 1. The summed E-state index contributed by atoms with van der Waals surface area (Å²) in [5.41, 5.74) is 8.47. The second-order valence-electron chi connectivity index (χ2n) is 6.22. The highest BCUT2D eigenvalue weighted by Crippen LogP contribution is 2.27. The average molecular weight is 376 g/mol. The lowest BCUT2D eigenvalue weighted by molar-refractivity contribution is 0.415. The lowest BCUT2D eigenvalue weighted by Crippen LogP contribution is -1.94. The van der Waals surface area contributed by atoms with E-state index in [0.717, 1.165) is 27.7 Å². The molecule has 0 saturated heterocycles. The largest absolute Gasteiger partial charge is 0.497 e. The van der Waals surface area contributed by atoms with Crippen molar-refractivity contribution in [2.75, 3.05) is 12.5 Å². The van der Waals surface area contributed by atoms with Gasteiger partial charge in [-0.25, -0.2) is 4.98 Å². The van der Waals surface area contributed by atoms with Crippen molar-refractivity contribution in [2.45, 2.75) is 6.92 Å². The van der Waals surface area contributed by atoms with Crippen molar-refractivity contribution in [3.8, 4) is 17.0 Å². The van der Waals surface area contributed by atoms with Crippen LogP contribution < -0.4 is 10.2 Å². The fourth-order valence-corrected chi connectivity index (χ4v) is 3.77. The van der Waals surface area contributed by atoms with E-state index in [9.17, 15) is 0 Å². The van der Waals surface area contributed by atoms with E-state index in [-0.39, 0.29) is 0 Å². The van der Waals surface area contributed by atoms with Gasteiger partial charge in [-0.3, -0.25) is 5.43 Å². The number of thiazole rings is 1. The lowest BCUT2D eigenvalue weighted by atomic mass is 10.1. The Morgan fingerprint density at radius 3 is 2.89 bits per heavy atom. The Morgan fingerprint density at radius 1 is 1.19 bits per heavy atom. The molecule has 0 unspecified atom stereocenters. The number of hydrogen-bond acceptors (Lipinski definition) is 5. The fraction of sp³-hybridized carbons (Fsp3) is 0.143. The molecule has 0 radical (unpaired) electrons. The van der Waals surface area contributed by atoms with Crippen LogP contribution in [0.25, 0.3) is 22.2 Å². The van der Waals surface area contributed by atoms with Crippen LogP contribution in [0.1, 0.15) is 11.3 Å². The normalized spacial score (nSPS) is 11.4. The third-order valence-corrected chi connectivity index (χ3v) is 5.42. The first-order valence-corrected chi connectivity index (χ1v) is 9.48. The Bertz CT molecular complexity index is 1130. The number of anilines is 1. The Hall–Kier alpha value is -3.12. The average Bonchev–Trinajstić information content (AvgIpc) is 3.27. The predicted octanol–water partition coefficient (Wildman–Crippen LogP) is 5.06. The maximum atomic E-state index is 5.28. The van der Waals surface area contributed by atoms with Crippen molar-refractivity contribution in [3.05, 3.63) is 65.2 Å². The summed E-state index contributed by atoms with van der Waals surface area (Å²) in [6.07, 6.45) is 1.87. The summed E-state index contributed by atoms with van der Waals surface area (Å²) in [6, 6.07) is 16.2. The minimum Gasteiger partial charge on any atom is -0.497 e. The molecule has 27 heavy (non-hydrogen) atoms. The van der Waals surface area contributed by atoms with E-state index in [1.807, 2.05) is 41.9 Å². The minimum absolute atomic E-state index is 0.752. The molecule has 1 N–H and O–H groups in total. The molecule has 136 valence electrons. The van der Waals surface area contributed by atoms with Crippen LogP contribution >= 0.6 is 11.3 Å². The van der Waals surface area contributed by atoms with Crippen LogP contribution in [0, 0.1) is 6.92 Å². The van der Waals surface area contributed by atoms with Crippen LogP contribution in [0.15, 0.2) is 59.0 Å². The molecule has 5 nitrogen and oxygen atoms in total. The number of hydrazone groups is 1. The van der Waals surface area contributed by atoms with E-state index in [2.05, 4.69) is 52.2 Å². The van der Waals surface area contributed by atoms with Crippen molar-refractivity contribution in [1.29, 1.82) is 0 Å². The van der Waals surface area contributed by atoms with E-state index in [4.69, 9.17) is 4.74 Å². The monoisotopic (exact) mass is 376 g/mol. The Balaban J connectivity index is 1.55. The van der Waals surface area contributed by atoms with Gasteiger partial charge in [-0.05, 0) is 25.1 Å². The van der Waals surface area contributed by atoms with Gasteiger partial charge < -0.3 is 9.30 Å². The van der Waals surface area contributed by atoms with Gasteiger partial charge in [0.25, 0.3) is 0 Å². The van der Waals surface area contributed by atoms with Gasteiger partial charge in [-0.2, -0.15) is 5.10 Å². The highest BCUT2D eigenvalue weighted by atomic mass is 32.1. The van der Waals surface area contributed by atoms with Gasteiger partial charge in [0.2, 0.25) is 5.13 Å². The molecular formula is C21H20N4OS. The number of aryl methyl sites for hydroxylation is 1. The summed E-state index contributed by atoms with van der Waals surface area (Å²) in [5.74, 6) is 0.819. The SMILES string of the molecule is COc1cccc(-c2csc(N/N=C\c3c(C)n(C)c4ccccc34)n2)c1. The number of hydrogen-bond donors (Lipinski definition) is 1. The second kappa shape index (κ2) is 7.25. The molecule has 0 aliphatic rings. The number of ether oxygens (including phenoxy) is 1. The number of aromatic nitrogens is 2. The number of benzene rings is 2. The first-order chi connectivity index (χ1) is 13.2. The third-order valence-electron chi connectivity index (χ3n) is 4.67. The minimum atomic E-state index is 0.752. The molecule has 0 aliphatic heterocycles. The van der Waals surface area contributed by atoms with Crippen LogP contribution in [-0.2, 0) is 7.05 Å². The zero-order valence-corrected chi connectivity index (χ0v) is 16.2. The molecule has 4 rings (SSSR count). The van der Waals surface area contributed by atoms with Crippen molar-refractivity contribution < 1.29 is 4.74 Å². The maximum absolute atomic E-state index is 5.28. The van der Waals surface area contributed by atoms with Gasteiger partial charge in [0, 0.05) is 40.2 Å². The molecule has 4 aromatic rings.